The van der Waals surface area contributed by atoms with E-state index in [4.69, 9.17) is 0 Å². The first-order chi connectivity index (χ1) is 6.97. The highest BCUT2D eigenvalue weighted by atomic mass is 79.9. The zero-order valence-corrected chi connectivity index (χ0v) is 8.98. The minimum atomic E-state index is -4.33. The molecule has 0 spiro atoms. The molecule has 0 fully saturated rings. The van der Waals surface area contributed by atoms with Crippen molar-refractivity contribution in [3.63, 3.8) is 0 Å². The lowest BCUT2D eigenvalue weighted by atomic mass is 10.1. The molecule has 0 aliphatic carbocycles. The molecular weight excluding hydrogens is 269 g/mol. The molecule has 0 atom stereocenters. The monoisotopic (exact) mass is 273 g/mol. The minimum Gasteiger partial charge on any atom is -0.166 e. The molecule has 15 heavy (non-hydrogen) atoms. The Morgan fingerprint density at radius 2 is 1.80 bits per heavy atom. The first-order valence-electron chi connectivity index (χ1n) is 4.15. The summed E-state index contributed by atoms with van der Waals surface area (Å²) in [5, 5.41) is 1.20. The molecule has 0 heterocycles. The highest BCUT2D eigenvalue weighted by Crippen LogP contribution is 2.31. The number of rotatable bonds is 0. The van der Waals surface area contributed by atoms with Crippen molar-refractivity contribution in [1.82, 2.24) is 0 Å². The summed E-state index contributed by atoms with van der Waals surface area (Å²) in [5.74, 6) is 0. The van der Waals surface area contributed by atoms with Gasteiger partial charge in [-0.25, -0.2) is 0 Å². The fourth-order valence-corrected chi connectivity index (χ4v) is 1.69. The summed E-state index contributed by atoms with van der Waals surface area (Å²) in [4.78, 5) is 0. The second-order valence-corrected chi connectivity index (χ2v) is 4.02. The molecule has 0 amide bonds. The highest BCUT2D eigenvalue weighted by molar-refractivity contribution is 9.10. The zero-order valence-electron chi connectivity index (χ0n) is 7.40. The van der Waals surface area contributed by atoms with Gasteiger partial charge in [-0.15, -0.1) is 0 Å². The Balaban J connectivity index is 2.62. The number of halogens is 4. The summed E-state index contributed by atoms with van der Waals surface area (Å²) < 4.78 is 37.9. The standard InChI is InChI=1S/C11H5BrF3/c12-10-4-2-7-5-9(11(13,14)15)3-1-8(7)6-10/h1-4,6H. The van der Waals surface area contributed by atoms with Crippen molar-refractivity contribution >= 4 is 26.7 Å². The molecule has 4 heteroatoms. The average molecular weight is 274 g/mol. The van der Waals surface area contributed by atoms with E-state index in [0.717, 1.165) is 15.9 Å². The number of fused-ring (bicyclic) bond motifs is 1. The summed E-state index contributed by atoms with van der Waals surface area (Å²) in [7, 11) is 0. The molecule has 1 radical (unpaired) electrons. The maximum atomic E-state index is 12.4. The van der Waals surface area contributed by atoms with Gasteiger partial charge in [0.2, 0.25) is 0 Å². The van der Waals surface area contributed by atoms with Gasteiger partial charge in [0, 0.05) is 10.5 Å². The second-order valence-electron chi connectivity index (χ2n) is 3.10. The minimum absolute atomic E-state index is 0.466. The quantitative estimate of drug-likeness (QED) is 0.667. The fourth-order valence-electron chi connectivity index (χ4n) is 1.31. The molecule has 0 aliphatic rings. The Morgan fingerprint density at radius 1 is 1.07 bits per heavy atom. The molecule has 0 unspecified atom stereocenters. The van der Waals surface area contributed by atoms with Gasteiger partial charge in [0.05, 0.1) is 5.56 Å². The van der Waals surface area contributed by atoms with Crippen LogP contribution in [0.2, 0.25) is 0 Å². The Morgan fingerprint density at radius 3 is 2.47 bits per heavy atom. The van der Waals surface area contributed by atoms with Crippen molar-refractivity contribution in [2.45, 2.75) is 6.18 Å². The van der Waals surface area contributed by atoms with Crippen LogP contribution in [0, 0.1) is 6.07 Å². The van der Waals surface area contributed by atoms with Crippen molar-refractivity contribution < 1.29 is 13.2 Å². The maximum absolute atomic E-state index is 12.4. The van der Waals surface area contributed by atoms with Crippen LogP contribution < -0.4 is 0 Å². The lowest BCUT2D eigenvalue weighted by Crippen LogP contribution is -2.04. The Kier molecular flexibility index (Phi) is 2.46. The van der Waals surface area contributed by atoms with Crippen LogP contribution >= 0.6 is 15.9 Å². The molecule has 0 nitrogen and oxygen atoms in total. The first-order valence-corrected chi connectivity index (χ1v) is 4.95. The van der Waals surface area contributed by atoms with Crippen molar-refractivity contribution in [3.05, 3.63) is 46.4 Å². The topological polar surface area (TPSA) is 0 Å². The van der Waals surface area contributed by atoms with Gasteiger partial charge in [-0.2, -0.15) is 13.2 Å². The average Bonchev–Trinajstić information content (AvgIpc) is 2.15. The number of alkyl halides is 3. The molecule has 2 aromatic carbocycles. The van der Waals surface area contributed by atoms with Crippen molar-refractivity contribution in [2.24, 2.45) is 0 Å². The van der Waals surface area contributed by atoms with Crippen molar-refractivity contribution in [3.8, 4) is 0 Å². The summed E-state index contributed by atoms with van der Waals surface area (Å²) in [6.45, 7) is 0. The number of benzene rings is 2. The van der Waals surface area contributed by atoms with E-state index in [-0.39, 0.29) is 0 Å². The predicted molar refractivity (Wildman–Crippen MR) is 55.5 cm³/mol. The Hall–Kier alpha value is -1.03. The van der Waals surface area contributed by atoms with E-state index in [2.05, 4.69) is 22.0 Å². The third kappa shape index (κ3) is 2.15. The summed E-state index contributed by atoms with van der Waals surface area (Å²) in [6, 6.07) is 9.88. The lowest BCUT2D eigenvalue weighted by Gasteiger charge is -2.07. The molecule has 0 aliphatic heterocycles. The second kappa shape index (κ2) is 3.52. The molecule has 0 saturated carbocycles. The Labute approximate surface area is 92.8 Å². The van der Waals surface area contributed by atoms with E-state index < -0.39 is 11.7 Å². The molecule has 0 aromatic heterocycles. The van der Waals surface area contributed by atoms with Crippen molar-refractivity contribution in [1.29, 1.82) is 0 Å². The lowest BCUT2D eigenvalue weighted by molar-refractivity contribution is -0.137. The summed E-state index contributed by atoms with van der Waals surface area (Å²) in [6.07, 6.45) is -4.33. The molecule has 2 rings (SSSR count). The fraction of sp³-hybridized carbons (Fsp3) is 0.0909. The third-order valence-electron chi connectivity index (χ3n) is 2.02. The van der Waals surface area contributed by atoms with Gasteiger partial charge < -0.3 is 0 Å². The van der Waals surface area contributed by atoms with Gasteiger partial charge in [-0.1, -0.05) is 28.1 Å². The SMILES string of the molecule is FC(F)(F)c1[c]c2ccc(Br)cc2cc1. The van der Waals surface area contributed by atoms with Gasteiger partial charge in [-0.05, 0) is 29.0 Å². The van der Waals surface area contributed by atoms with E-state index in [1.54, 1.807) is 18.2 Å². The van der Waals surface area contributed by atoms with Gasteiger partial charge in [-0.3, -0.25) is 0 Å². The van der Waals surface area contributed by atoms with Crippen LogP contribution in [-0.2, 0) is 6.18 Å². The summed E-state index contributed by atoms with van der Waals surface area (Å²) in [5.41, 5.74) is -0.739. The van der Waals surface area contributed by atoms with Gasteiger partial charge in [0.25, 0.3) is 0 Å². The summed E-state index contributed by atoms with van der Waals surface area (Å²) >= 11 is 3.25. The molecule has 0 saturated heterocycles. The molecule has 2 aromatic rings. The van der Waals surface area contributed by atoms with Crippen LogP contribution in [0.3, 0.4) is 0 Å². The molecule has 77 valence electrons. The van der Waals surface area contributed by atoms with E-state index in [1.807, 2.05) is 0 Å². The predicted octanol–water partition coefficient (Wildman–Crippen LogP) is 4.42. The van der Waals surface area contributed by atoms with Crippen molar-refractivity contribution in [2.75, 3.05) is 0 Å². The van der Waals surface area contributed by atoms with Crippen LogP contribution in [0.4, 0.5) is 13.2 Å². The molecule has 0 bridgehead atoms. The number of hydrogen-bond acceptors (Lipinski definition) is 0. The smallest absolute Gasteiger partial charge is 0.166 e. The van der Waals surface area contributed by atoms with Gasteiger partial charge in [0.15, 0.2) is 0 Å². The maximum Gasteiger partial charge on any atom is 0.417 e. The molecule has 0 N–H and O–H groups in total. The Bertz CT molecular complexity index is 503. The molecular formula is C11H5BrF3. The van der Waals surface area contributed by atoms with Gasteiger partial charge in [0.1, 0.15) is 0 Å². The highest BCUT2D eigenvalue weighted by Gasteiger charge is 2.30. The van der Waals surface area contributed by atoms with Crippen LogP contribution in [0.25, 0.3) is 10.8 Å². The first kappa shape index (κ1) is 10.5. The van der Waals surface area contributed by atoms with Crippen LogP contribution in [-0.4, -0.2) is 0 Å². The van der Waals surface area contributed by atoms with E-state index >= 15 is 0 Å². The van der Waals surface area contributed by atoms with E-state index in [0.29, 0.717) is 5.39 Å². The van der Waals surface area contributed by atoms with E-state index in [9.17, 15) is 13.2 Å². The zero-order chi connectivity index (χ0) is 11.1. The third-order valence-corrected chi connectivity index (χ3v) is 2.51. The van der Waals surface area contributed by atoms with Crippen LogP contribution in [0.5, 0.6) is 0 Å². The largest absolute Gasteiger partial charge is 0.417 e. The van der Waals surface area contributed by atoms with Crippen LogP contribution in [0.15, 0.2) is 34.8 Å². The van der Waals surface area contributed by atoms with E-state index in [1.165, 1.54) is 6.07 Å². The normalized spacial score (nSPS) is 12.0. The van der Waals surface area contributed by atoms with Gasteiger partial charge >= 0.3 is 6.18 Å². The number of hydrogen-bond donors (Lipinski definition) is 0. The van der Waals surface area contributed by atoms with Crippen LogP contribution in [0.1, 0.15) is 5.56 Å².